The van der Waals surface area contributed by atoms with Crippen LogP contribution in [0.2, 0.25) is 0 Å². The highest BCUT2D eigenvalue weighted by Crippen LogP contribution is 2.46. The van der Waals surface area contributed by atoms with Gasteiger partial charge in [-0.25, -0.2) is 14.4 Å². The van der Waals surface area contributed by atoms with E-state index < -0.39 is 66.1 Å². The summed E-state index contributed by atoms with van der Waals surface area (Å²) in [5.74, 6) is 0.611. The van der Waals surface area contributed by atoms with Crippen molar-refractivity contribution in [3.8, 4) is 16.9 Å². The smallest absolute Gasteiger partial charge is 0.172 e. The maximum atomic E-state index is 16.3. The first kappa shape index (κ1) is 16.5. The number of aromatic nitrogens is 3. The summed E-state index contributed by atoms with van der Waals surface area (Å²) in [6.45, 7) is 1.43. The number of nitrogen functional groups attached to an aromatic ring is 1. The minimum absolute atomic E-state index is 0.0488. The first-order valence-electron chi connectivity index (χ1n) is 17.2. The minimum Gasteiger partial charge on any atom is -0.487 e. The molecule has 4 aliphatic rings. The molecule has 10 heteroatoms. The Morgan fingerprint density at radius 2 is 2.03 bits per heavy atom. The molecular weight excluding hydrogens is 505 g/mol. The van der Waals surface area contributed by atoms with E-state index >= 15 is 4.39 Å². The highest BCUT2D eigenvalue weighted by Gasteiger charge is 2.47. The van der Waals surface area contributed by atoms with E-state index in [4.69, 9.17) is 27.5 Å². The molecule has 2 aromatic heterocycles. The van der Waals surface area contributed by atoms with Crippen LogP contribution in [-0.4, -0.2) is 73.1 Å². The first-order valence-corrected chi connectivity index (χ1v) is 14.2. The maximum absolute atomic E-state index is 16.3. The lowest BCUT2D eigenvalue weighted by Gasteiger charge is -2.40. The Labute approximate surface area is 236 Å². The number of hydrogen-bond acceptors (Lipinski definition) is 7. The molecule has 3 aliphatic heterocycles. The topological polar surface area (TPSA) is 95.5 Å². The van der Waals surface area contributed by atoms with E-state index in [0.717, 1.165) is 32.5 Å². The highest BCUT2D eigenvalue weighted by molar-refractivity contribution is 7.85. The Morgan fingerprint density at radius 1 is 1.24 bits per heavy atom. The van der Waals surface area contributed by atoms with Crippen molar-refractivity contribution < 1.29 is 30.4 Å². The van der Waals surface area contributed by atoms with Crippen LogP contribution in [0, 0.1) is 11.7 Å². The molecule has 7 rings (SSSR count). The van der Waals surface area contributed by atoms with E-state index in [1.165, 1.54) is 24.5 Å². The average molecular weight is 549 g/mol. The van der Waals surface area contributed by atoms with E-state index in [1.807, 2.05) is 4.57 Å². The van der Waals surface area contributed by atoms with E-state index in [2.05, 4.69) is 14.9 Å². The number of rotatable bonds is 7. The van der Waals surface area contributed by atoms with Gasteiger partial charge in [0.25, 0.3) is 0 Å². The zero-order valence-corrected chi connectivity index (χ0v) is 21.4. The van der Waals surface area contributed by atoms with Gasteiger partial charge in [-0.3, -0.25) is 4.21 Å². The van der Waals surface area contributed by atoms with Crippen LogP contribution in [0.4, 0.5) is 10.2 Å². The van der Waals surface area contributed by atoms with Crippen molar-refractivity contribution in [2.24, 2.45) is 5.92 Å². The number of benzene rings is 1. The zero-order chi connectivity index (χ0) is 33.9. The third-order valence-electron chi connectivity index (χ3n) is 7.75. The summed E-state index contributed by atoms with van der Waals surface area (Å²) in [4.78, 5) is 10.9. The molecule has 2 bridgehead atoms. The molecule has 3 saturated heterocycles. The van der Waals surface area contributed by atoms with E-state index in [1.54, 1.807) is 6.20 Å². The Balaban J connectivity index is 1.18. The predicted molar refractivity (Wildman–Crippen MR) is 145 cm³/mol. The normalized spacial score (nSPS) is 40.4. The molecule has 1 aliphatic carbocycles. The van der Waals surface area contributed by atoms with Crippen molar-refractivity contribution in [1.29, 1.82) is 0 Å². The average Bonchev–Trinajstić information content (AvgIpc) is 3.47. The Kier molecular flexibility index (Phi) is 4.16. The van der Waals surface area contributed by atoms with Gasteiger partial charge in [-0.05, 0) is 50.3 Å². The zero-order valence-electron chi connectivity index (χ0n) is 29.6. The third kappa shape index (κ3) is 4.30. The summed E-state index contributed by atoms with van der Waals surface area (Å²) in [6.07, 6.45) is -11.4. The number of anilines is 1. The first-order chi connectivity index (χ1) is 21.9. The van der Waals surface area contributed by atoms with Crippen molar-refractivity contribution in [2.45, 2.75) is 56.1 Å². The van der Waals surface area contributed by atoms with Gasteiger partial charge in [-0.2, -0.15) is 0 Å². The summed E-state index contributed by atoms with van der Waals surface area (Å²) in [6, 6.07) is 4.27. The number of halogens is 1. The molecule has 1 saturated carbocycles. The second-order valence-electron chi connectivity index (χ2n) is 10.2. The molecule has 0 spiro atoms. The van der Waals surface area contributed by atoms with Gasteiger partial charge in [0, 0.05) is 76.3 Å². The molecule has 8 nitrogen and oxygen atoms in total. The van der Waals surface area contributed by atoms with E-state index in [0.29, 0.717) is 34.0 Å². The molecule has 3 aromatic rings. The van der Waals surface area contributed by atoms with Crippen molar-refractivity contribution >= 4 is 27.7 Å². The molecule has 202 valence electrons. The Bertz CT molecular complexity index is 1750. The van der Waals surface area contributed by atoms with Crippen LogP contribution in [0.25, 0.3) is 22.2 Å². The largest absolute Gasteiger partial charge is 0.487 e. The summed E-state index contributed by atoms with van der Waals surface area (Å²) in [5, 5.41) is 0.423. The number of hydrogen-bond donors (Lipinski definition) is 1. The van der Waals surface area contributed by atoms with Crippen LogP contribution in [-0.2, 0) is 15.5 Å². The molecule has 38 heavy (non-hydrogen) atoms. The van der Waals surface area contributed by atoms with Gasteiger partial charge in [0.1, 0.15) is 30.0 Å². The molecule has 0 atom stereocenters. The third-order valence-corrected chi connectivity index (χ3v) is 9.02. The van der Waals surface area contributed by atoms with Gasteiger partial charge in [0.05, 0.1) is 12.8 Å². The second-order valence-corrected chi connectivity index (χ2v) is 11.9. The van der Waals surface area contributed by atoms with Crippen molar-refractivity contribution in [1.82, 2.24) is 19.4 Å². The van der Waals surface area contributed by atoms with Crippen LogP contribution in [0.5, 0.6) is 5.75 Å². The highest BCUT2D eigenvalue weighted by atomic mass is 32.2. The van der Waals surface area contributed by atoms with Crippen LogP contribution < -0.4 is 10.5 Å². The van der Waals surface area contributed by atoms with Gasteiger partial charge in [-0.15, -0.1) is 0 Å². The standard InChI is InChI=1S/C28H34FN5O3S/c29-25-21(2-1-3-23(25)36-16-28-6-4-20(37-28)5-7-28)22-15-34(27-24(22)26(30)31-17-32-27)19-12-18(13-19)14-33-8-10-38(35)11-9-33/h1-3,15,17-20H,4-14,16H2,(H2,30,31,32)/i4D2,5D2,6D2,7D2,20D. The van der Waals surface area contributed by atoms with Crippen LogP contribution in [0.3, 0.4) is 0 Å². The van der Waals surface area contributed by atoms with Crippen LogP contribution in [0.1, 0.15) is 56.7 Å². The molecule has 2 N–H and O–H groups in total. The van der Waals surface area contributed by atoms with Gasteiger partial charge in [-0.1, -0.05) is 12.1 Å². The summed E-state index contributed by atoms with van der Waals surface area (Å²) < 4.78 is 116. The Hall–Kier alpha value is -2.56. The number of nitrogens with two attached hydrogens (primary N) is 1. The predicted octanol–water partition coefficient (Wildman–Crippen LogP) is 3.93. The van der Waals surface area contributed by atoms with Gasteiger partial charge >= 0.3 is 0 Å². The molecule has 1 aromatic carbocycles. The lowest BCUT2D eigenvalue weighted by Crippen LogP contribution is -2.43. The number of ether oxygens (including phenoxy) is 2. The number of nitrogens with zero attached hydrogens (tertiary/aromatic N) is 4. The summed E-state index contributed by atoms with van der Waals surface area (Å²) in [7, 11) is -0.740. The lowest BCUT2D eigenvalue weighted by molar-refractivity contribution is -0.0206. The van der Waals surface area contributed by atoms with Gasteiger partial charge < -0.3 is 24.7 Å². The fourth-order valence-corrected chi connectivity index (χ4v) is 6.78. The number of fused-ring (bicyclic) bond motifs is 3. The van der Waals surface area contributed by atoms with Crippen LogP contribution in [0.15, 0.2) is 30.7 Å². The summed E-state index contributed by atoms with van der Waals surface area (Å²) >= 11 is 0. The molecular formula is C28H34FN5O3S. The minimum atomic E-state index is -3.27. The fourth-order valence-electron chi connectivity index (χ4n) is 5.66. The maximum Gasteiger partial charge on any atom is 0.172 e. The quantitative estimate of drug-likeness (QED) is 0.478. The lowest BCUT2D eigenvalue weighted by atomic mass is 9.79. The molecule has 0 radical (unpaired) electrons. The summed E-state index contributed by atoms with van der Waals surface area (Å²) in [5.41, 5.74) is 4.32. The van der Waals surface area contributed by atoms with Crippen LogP contribution >= 0.6 is 0 Å². The van der Waals surface area contributed by atoms with E-state index in [9.17, 15) is 4.21 Å². The van der Waals surface area contributed by atoms with Gasteiger partial charge in [0.15, 0.2) is 11.6 Å². The van der Waals surface area contributed by atoms with Crippen molar-refractivity contribution in [2.75, 3.05) is 43.5 Å². The van der Waals surface area contributed by atoms with Crippen molar-refractivity contribution in [3.63, 3.8) is 0 Å². The Morgan fingerprint density at radius 3 is 2.82 bits per heavy atom. The van der Waals surface area contributed by atoms with Gasteiger partial charge in [0.2, 0.25) is 0 Å². The molecule has 0 amide bonds. The fraction of sp³-hybridized carbons (Fsp3) is 0.571. The SMILES string of the molecule is [2H]C1([2H])C([2H])([2H])C2(COc3cccc(-c4cn(C5CC(CN6CCS(=O)CC6)C5)c5ncnc(N)c45)c3F)OC1([2H])C([2H])([2H])C2([2H])[2H]. The van der Waals surface area contributed by atoms with Crippen molar-refractivity contribution in [3.05, 3.63) is 36.5 Å². The second kappa shape index (κ2) is 9.57. The molecule has 5 heterocycles. The monoisotopic (exact) mass is 548 g/mol. The molecule has 0 unspecified atom stereocenters. The molecule has 4 fully saturated rings. The van der Waals surface area contributed by atoms with E-state index in [-0.39, 0.29) is 17.4 Å².